The summed E-state index contributed by atoms with van der Waals surface area (Å²) in [6, 6.07) is 0. The van der Waals surface area contributed by atoms with Gasteiger partial charge in [-0.05, 0) is 48.0 Å². The number of rotatable bonds is 9. The molecule has 0 heterocycles. The number of amides is 1. The minimum absolute atomic E-state index is 0.301. The van der Waals surface area contributed by atoms with E-state index in [1.807, 2.05) is 41.5 Å². The lowest BCUT2D eigenvalue weighted by Gasteiger charge is -2.37. The lowest BCUT2D eigenvalue weighted by atomic mass is 10.0. The number of alkyl halides is 1. The van der Waals surface area contributed by atoms with Gasteiger partial charge in [0.05, 0.1) is 24.4 Å². The van der Waals surface area contributed by atoms with E-state index < -0.39 is 11.2 Å². The predicted octanol–water partition coefficient (Wildman–Crippen LogP) is 4.27. The lowest BCUT2D eigenvalue weighted by Crippen LogP contribution is -2.50. The minimum atomic E-state index is -0.497. The fourth-order valence-electron chi connectivity index (χ4n) is 1.79. The first-order chi connectivity index (χ1) is 10.4. The van der Waals surface area contributed by atoms with Gasteiger partial charge in [0.1, 0.15) is 5.60 Å². The van der Waals surface area contributed by atoms with E-state index in [0.717, 1.165) is 10.8 Å². The fourth-order valence-corrected chi connectivity index (χ4v) is 2.26. The zero-order valence-electron chi connectivity index (χ0n) is 16.0. The van der Waals surface area contributed by atoms with E-state index in [2.05, 4.69) is 29.5 Å². The maximum absolute atomic E-state index is 12.3. The van der Waals surface area contributed by atoms with E-state index in [-0.39, 0.29) is 11.7 Å². The molecule has 6 heteroatoms. The Kier molecular flexibility index (Phi) is 9.38. The van der Waals surface area contributed by atoms with Crippen LogP contribution in [0.15, 0.2) is 0 Å². The molecule has 0 aliphatic carbocycles. The molecule has 0 radical (unpaired) electrons. The molecule has 2 unspecified atom stereocenters. The summed E-state index contributed by atoms with van der Waals surface area (Å²) in [7, 11) is 1.70. The molecule has 138 valence electrons. The van der Waals surface area contributed by atoms with Crippen LogP contribution in [0.1, 0.15) is 54.9 Å². The quantitative estimate of drug-likeness (QED) is 0.395. The first-order valence-corrected chi connectivity index (χ1v) is 9.69. The summed E-state index contributed by atoms with van der Waals surface area (Å²) in [5.41, 5.74) is -1.25. The molecule has 0 bridgehead atoms. The van der Waals surface area contributed by atoms with Crippen LogP contribution in [-0.4, -0.2) is 59.0 Å². The summed E-state index contributed by atoms with van der Waals surface area (Å²) < 4.78 is 17.9. The lowest BCUT2D eigenvalue weighted by molar-refractivity contribution is -0.119. The largest absolute Gasteiger partial charge is 0.444 e. The van der Waals surface area contributed by atoms with Crippen molar-refractivity contribution in [2.75, 3.05) is 31.2 Å². The molecular formula is C17H34INO4. The number of halogens is 1. The Morgan fingerprint density at radius 1 is 1.09 bits per heavy atom. The highest BCUT2D eigenvalue weighted by molar-refractivity contribution is 14.1. The topological polar surface area (TPSA) is 48.0 Å². The van der Waals surface area contributed by atoms with Crippen molar-refractivity contribution in [3.8, 4) is 0 Å². The fraction of sp³-hybridized carbons (Fsp3) is 0.941. The van der Waals surface area contributed by atoms with Crippen molar-refractivity contribution < 1.29 is 19.0 Å². The minimum Gasteiger partial charge on any atom is -0.444 e. The second kappa shape index (κ2) is 9.42. The number of hydrogen-bond acceptors (Lipinski definition) is 4. The molecule has 0 aliphatic heterocycles. The van der Waals surface area contributed by atoms with Crippen LogP contribution in [0, 0.1) is 0 Å². The van der Waals surface area contributed by atoms with Crippen LogP contribution in [0.4, 0.5) is 4.79 Å². The van der Waals surface area contributed by atoms with E-state index in [0.29, 0.717) is 19.7 Å². The molecule has 0 aromatic rings. The number of nitrogens with zero attached hydrogens (tertiary/aromatic N) is 1. The van der Waals surface area contributed by atoms with Gasteiger partial charge in [-0.1, -0.05) is 29.5 Å². The second-order valence-corrected chi connectivity index (χ2v) is 8.14. The summed E-state index contributed by atoms with van der Waals surface area (Å²) in [5.74, 6) is 0. The normalized spacial score (nSPS) is 17.3. The second-order valence-electron chi connectivity index (χ2n) is 7.37. The zero-order chi connectivity index (χ0) is 18.3. The standard InChI is InChI=1S/C17H34INO4/c1-9-16(6,21-8)13-22-17(7,11-18)12-19(10-2)14(20)23-15(3,4)5/h9-13H2,1-8H3. The Hall–Kier alpha value is -0.0800. The predicted molar refractivity (Wildman–Crippen MR) is 102 cm³/mol. The number of carbonyl (C=O) groups is 1. The average Bonchev–Trinajstić information content (AvgIpc) is 2.48. The summed E-state index contributed by atoms with van der Waals surface area (Å²) in [6.45, 7) is 15.3. The summed E-state index contributed by atoms with van der Waals surface area (Å²) in [6.07, 6.45) is 0.564. The van der Waals surface area contributed by atoms with Gasteiger partial charge in [-0.2, -0.15) is 0 Å². The third kappa shape index (κ3) is 8.54. The molecule has 0 N–H and O–H groups in total. The van der Waals surface area contributed by atoms with Crippen LogP contribution < -0.4 is 0 Å². The Bertz CT molecular complexity index is 366. The SMILES string of the molecule is CCN(CC(C)(CI)OCC(C)(CC)OC)C(=O)OC(C)(C)C. The van der Waals surface area contributed by atoms with Crippen molar-refractivity contribution in [1.82, 2.24) is 4.90 Å². The molecule has 2 atom stereocenters. The number of likely N-dealkylation sites (N-methyl/N-ethyl adjacent to an activating group) is 1. The monoisotopic (exact) mass is 443 g/mol. The number of hydrogen-bond donors (Lipinski definition) is 0. The van der Waals surface area contributed by atoms with Crippen molar-refractivity contribution in [3.05, 3.63) is 0 Å². The number of ether oxygens (including phenoxy) is 3. The third-order valence-electron chi connectivity index (χ3n) is 3.81. The van der Waals surface area contributed by atoms with Crippen LogP contribution in [0.5, 0.6) is 0 Å². The van der Waals surface area contributed by atoms with Gasteiger partial charge in [0.15, 0.2) is 0 Å². The Labute approximate surface area is 155 Å². The average molecular weight is 443 g/mol. The van der Waals surface area contributed by atoms with Gasteiger partial charge in [-0.15, -0.1) is 0 Å². The van der Waals surface area contributed by atoms with Gasteiger partial charge in [-0.3, -0.25) is 0 Å². The van der Waals surface area contributed by atoms with Crippen molar-refractivity contribution >= 4 is 28.7 Å². The maximum Gasteiger partial charge on any atom is 0.410 e. The smallest absolute Gasteiger partial charge is 0.410 e. The van der Waals surface area contributed by atoms with Gasteiger partial charge in [0.2, 0.25) is 0 Å². The summed E-state index contributed by atoms with van der Waals surface area (Å²) >= 11 is 2.30. The number of methoxy groups -OCH3 is 1. The van der Waals surface area contributed by atoms with E-state index >= 15 is 0 Å². The molecule has 0 saturated heterocycles. The molecule has 0 fully saturated rings. The molecule has 0 aromatic heterocycles. The van der Waals surface area contributed by atoms with Crippen LogP contribution in [0.2, 0.25) is 0 Å². The molecule has 0 rings (SSSR count). The van der Waals surface area contributed by atoms with Crippen LogP contribution in [0.25, 0.3) is 0 Å². The summed E-state index contributed by atoms with van der Waals surface area (Å²) in [4.78, 5) is 14.0. The Morgan fingerprint density at radius 3 is 2.00 bits per heavy atom. The molecule has 0 aromatic carbocycles. The van der Waals surface area contributed by atoms with Crippen molar-refractivity contribution in [1.29, 1.82) is 0 Å². The summed E-state index contributed by atoms with van der Waals surface area (Å²) in [5, 5.41) is 0. The van der Waals surface area contributed by atoms with E-state index in [4.69, 9.17) is 14.2 Å². The molecular weight excluding hydrogens is 409 g/mol. The van der Waals surface area contributed by atoms with Gasteiger partial charge in [0.25, 0.3) is 0 Å². The first kappa shape index (κ1) is 22.9. The highest BCUT2D eigenvalue weighted by Crippen LogP contribution is 2.23. The van der Waals surface area contributed by atoms with Crippen LogP contribution >= 0.6 is 22.6 Å². The molecule has 0 saturated carbocycles. The van der Waals surface area contributed by atoms with Gasteiger partial charge < -0.3 is 19.1 Å². The highest BCUT2D eigenvalue weighted by atomic mass is 127. The first-order valence-electron chi connectivity index (χ1n) is 8.17. The van der Waals surface area contributed by atoms with E-state index in [9.17, 15) is 4.79 Å². The zero-order valence-corrected chi connectivity index (χ0v) is 18.2. The van der Waals surface area contributed by atoms with Gasteiger partial charge >= 0.3 is 6.09 Å². The van der Waals surface area contributed by atoms with Crippen molar-refractivity contribution in [3.63, 3.8) is 0 Å². The molecule has 0 spiro atoms. The maximum atomic E-state index is 12.3. The molecule has 5 nitrogen and oxygen atoms in total. The van der Waals surface area contributed by atoms with Crippen LogP contribution in [0.3, 0.4) is 0 Å². The van der Waals surface area contributed by atoms with Crippen molar-refractivity contribution in [2.24, 2.45) is 0 Å². The molecule has 23 heavy (non-hydrogen) atoms. The van der Waals surface area contributed by atoms with E-state index in [1.165, 1.54) is 0 Å². The Morgan fingerprint density at radius 2 is 1.65 bits per heavy atom. The van der Waals surface area contributed by atoms with Gasteiger partial charge in [0, 0.05) is 18.1 Å². The molecule has 1 amide bonds. The van der Waals surface area contributed by atoms with Crippen LogP contribution in [-0.2, 0) is 14.2 Å². The van der Waals surface area contributed by atoms with Crippen molar-refractivity contribution in [2.45, 2.75) is 71.7 Å². The van der Waals surface area contributed by atoms with E-state index in [1.54, 1.807) is 12.0 Å². The highest BCUT2D eigenvalue weighted by Gasteiger charge is 2.33. The third-order valence-corrected chi connectivity index (χ3v) is 5.42. The van der Waals surface area contributed by atoms with Gasteiger partial charge in [-0.25, -0.2) is 4.79 Å². The number of carbonyl (C=O) groups excluding carboxylic acids is 1. The molecule has 0 aliphatic rings. The Balaban J connectivity index is 4.89.